The van der Waals surface area contributed by atoms with Gasteiger partial charge in [0, 0.05) is 69.9 Å². The van der Waals surface area contributed by atoms with E-state index >= 15 is 0 Å². The number of hydrogen-bond donors (Lipinski definition) is 1. The normalized spacial score (nSPS) is 21.0. The highest BCUT2D eigenvalue weighted by Crippen LogP contribution is 2.22. The predicted molar refractivity (Wildman–Crippen MR) is 111 cm³/mol. The van der Waals surface area contributed by atoms with Crippen molar-refractivity contribution in [3.63, 3.8) is 0 Å². The number of rotatable bonds is 4. The summed E-state index contributed by atoms with van der Waals surface area (Å²) in [5.74, 6) is 0.236. The minimum Gasteiger partial charge on any atom is -0.368 e. The van der Waals surface area contributed by atoms with Gasteiger partial charge in [0.25, 0.3) is 0 Å². The second-order valence-electron chi connectivity index (χ2n) is 7.68. The van der Waals surface area contributed by atoms with E-state index in [2.05, 4.69) is 57.4 Å². The maximum absolute atomic E-state index is 13.0. The van der Waals surface area contributed by atoms with Crippen molar-refractivity contribution in [3.8, 4) is 0 Å². The zero-order chi connectivity index (χ0) is 19.3. The van der Waals surface area contributed by atoms with E-state index in [9.17, 15) is 4.79 Å². The number of piperazine rings is 2. The van der Waals surface area contributed by atoms with Crippen molar-refractivity contribution in [2.75, 3.05) is 57.3 Å². The van der Waals surface area contributed by atoms with Crippen LogP contribution in [0.15, 0.2) is 48.8 Å². The van der Waals surface area contributed by atoms with E-state index in [0.717, 1.165) is 45.8 Å². The van der Waals surface area contributed by atoms with Gasteiger partial charge in [-0.05, 0) is 36.2 Å². The number of carbonyl (C=O) groups is 1. The van der Waals surface area contributed by atoms with E-state index in [1.165, 1.54) is 16.8 Å². The molecule has 6 heteroatoms. The van der Waals surface area contributed by atoms with Gasteiger partial charge in [-0.1, -0.05) is 18.2 Å². The molecule has 4 rings (SSSR count). The van der Waals surface area contributed by atoms with E-state index in [1.807, 2.05) is 17.2 Å². The van der Waals surface area contributed by atoms with Gasteiger partial charge < -0.3 is 15.1 Å². The summed E-state index contributed by atoms with van der Waals surface area (Å²) in [5.41, 5.74) is 3.70. The number of nitrogens with zero attached hydrogens (tertiary/aromatic N) is 4. The van der Waals surface area contributed by atoms with E-state index in [1.54, 1.807) is 6.20 Å². The topological polar surface area (TPSA) is 51.7 Å². The van der Waals surface area contributed by atoms with Gasteiger partial charge in [-0.3, -0.25) is 14.7 Å². The molecular weight excluding hydrogens is 350 g/mol. The highest BCUT2D eigenvalue weighted by molar-refractivity contribution is 5.78. The number of benzene rings is 1. The van der Waals surface area contributed by atoms with Crippen molar-refractivity contribution in [2.45, 2.75) is 13.0 Å². The first-order valence-corrected chi connectivity index (χ1v) is 10.1. The summed E-state index contributed by atoms with van der Waals surface area (Å²) in [6.45, 7) is 8.62. The Labute approximate surface area is 167 Å². The molecule has 0 spiro atoms. The second kappa shape index (κ2) is 8.71. The van der Waals surface area contributed by atoms with Crippen LogP contribution >= 0.6 is 0 Å². The summed E-state index contributed by atoms with van der Waals surface area (Å²) in [4.78, 5) is 23.9. The van der Waals surface area contributed by atoms with Gasteiger partial charge in [0.15, 0.2) is 0 Å². The molecule has 1 aromatic carbocycles. The molecule has 1 aromatic heterocycles. The van der Waals surface area contributed by atoms with Gasteiger partial charge in [-0.2, -0.15) is 0 Å². The number of aromatic nitrogens is 1. The van der Waals surface area contributed by atoms with Gasteiger partial charge in [0.1, 0.15) is 0 Å². The van der Waals surface area contributed by atoms with E-state index in [0.29, 0.717) is 6.54 Å². The van der Waals surface area contributed by atoms with Gasteiger partial charge in [0.05, 0.1) is 6.54 Å². The maximum atomic E-state index is 13.0. The SMILES string of the molecule is Cc1cccc(N2CCN(C(=O)CN3CCNCC3c3cccnc3)CC2)c1. The Kier molecular flexibility index (Phi) is 5.88. The van der Waals surface area contributed by atoms with Crippen LogP contribution in [0, 0.1) is 6.92 Å². The Bertz CT molecular complexity index is 789. The highest BCUT2D eigenvalue weighted by Gasteiger charge is 2.28. The molecule has 6 nitrogen and oxygen atoms in total. The van der Waals surface area contributed by atoms with Crippen molar-refractivity contribution in [1.82, 2.24) is 20.1 Å². The van der Waals surface area contributed by atoms with Crippen LogP contribution in [-0.4, -0.2) is 73.0 Å². The second-order valence-corrected chi connectivity index (χ2v) is 7.68. The third-order valence-corrected chi connectivity index (χ3v) is 5.76. The Morgan fingerprint density at radius 1 is 1.14 bits per heavy atom. The summed E-state index contributed by atoms with van der Waals surface area (Å²) < 4.78 is 0. The van der Waals surface area contributed by atoms with Crippen LogP contribution in [0.1, 0.15) is 17.2 Å². The summed E-state index contributed by atoms with van der Waals surface area (Å²) in [5, 5.41) is 3.44. The zero-order valence-electron chi connectivity index (χ0n) is 16.6. The Hall–Kier alpha value is -2.44. The molecule has 0 bridgehead atoms. The molecule has 1 N–H and O–H groups in total. The van der Waals surface area contributed by atoms with Crippen LogP contribution in [0.25, 0.3) is 0 Å². The first-order chi connectivity index (χ1) is 13.7. The van der Waals surface area contributed by atoms with Crippen LogP contribution < -0.4 is 10.2 Å². The van der Waals surface area contributed by atoms with Crippen molar-refractivity contribution in [3.05, 3.63) is 59.9 Å². The van der Waals surface area contributed by atoms with E-state index in [-0.39, 0.29) is 11.9 Å². The average molecular weight is 380 g/mol. The van der Waals surface area contributed by atoms with Crippen LogP contribution in [0.5, 0.6) is 0 Å². The van der Waals surface area contributed by atoms with Gasteiger partial charge in [-0.15, -0.1) is 0 Å². The lowest BCUT2D eigenvalue weighted by Crippen LogP contribution is -2.54. The summed E-state index contributed by atoms with van der Waals surface area (Å²) in [7, 11) is 0. The van der Waals surface area contributed by atoms with Crippen LogP contribution in [0.2, 0.25) is 0 Å². The molecule has 1 unspecified atom stereocenters. The lowest BCUT2D eigenvalue weighted by Gasteiger charge is -2.39. The number of amides is 1. The number of hydrogen-bond acceptors (Lipinski definition) is 5. The molecule has 2 fully saturated rings. The molecule has 3 heterocycles. The molecule has 0 aliphatic carbocycles. The largest absolute Gasteiger partial charge is 0.368 e. The minimum absolute atomic E-state index is 0.208. The first-order valence-electron chi connectivity index (χ1n) is 10.1. The smallest absolute Gasteiger partial charge is 0.236 e. The molecule has 0 saturated carbocycles. The zero-order valence-corrected chi connectivity index (χ0v) is 16.6. The molecule has 1 amide bonds. The first kappa shape index (κ1) is 18.9. The molecule has 1 atom stereocenters. The number of pyridine rings is 1. The fraction of sp³-hybridized carbons (Fsp3) is 0.455. The summed E-state index contributed by atoms with van der Waals surface area (Å²) >= 11 is 0. The Morgan fingerprint density at radius 3 is 2.75 bits per heavy atom. The molecule has 0 radical (unpaired) electrons. The molecule has 148 valence electrons. The van der Waals surface area contributed by atoms with Crippen LogP contribution in [-0.2, 0) is 4.79 Å². The lowest BCUT2D eigenvalue weighted by molar-refractivity contribution is -0.133. The number of carbonyl (C=O) groups excluding carboxylic acids is 1. The molecule has 2 saturated heterocycles. The summed E-state index contributed by atoms with van der Waals surface area (Å²) in [6, 6.07) is 12.9. The van der Waals surface area contributed by atoms with Crippen LogP contribution in [0.4, 0.5) is 5.69 Å². The Morgan fingerprint density at radius 2 is 2.00 bits per heavy atom. The van der Waals surface area contributed by atoms with Gasteiger partial charge >= 0.3 is 0 Å². The minimum atomic E-state index is 0.208. The monoisotopic (exact) mass is 379 g/mol. The quantitative estimate of drug-likeness (QED) is 0.876. The molecule has 2 aromatic rings. The van der Waals surface area contributed by atoms with Crippen LogP contribution in [0.3, 0.4) is 0 Å². The molecule has 2 aliphatic heterocycles. The van der Waals surface area contributed by atoms with Crippen molar-refractivity contribution in [2.24, 2.45) is 0 Å². The van der Waals surface area contributed by atoms with E-state index < -0.39 is 0 Å². The summed E-state index contributed by atoms with van der Waals surface area (Å²) in [6.07, 6.45) is 3.71. The number of nitrogens with one attached hydrogen (secondary N) is 1. The van der Waals surface area contributed by atoms with Crippen molar-refractivity contribution in [1.29, 1.82) is 0 Å². The number of aryl methyl sites for hydroxylation is 1. The van der Waals surface area contributed by atoms with Crippen molar-refractivity contribution < 1.29 is 4.79 Å². The third kappa shape index (κ3) is 4.34. The lowest BCUT2D eigenvalue weighted by atomic mass is 10.1. The van der Waals surface area contributed by atoms with E-state index in [4.69, 9.17) is 0 Å². The highest BCUT2D eigenvalue weighted by atomic mass is 16.2. The predicted octanol–water partition coefficient (Wildman–Crippen LogP) is 1.69. The molecular formula is C22H29N5O. The molecule has 2 aliphatic rings. The Balaban J connectivity index is 1.35. The van der Waals surface area contributed by atoms with Gasteiger partial charge in [0.2, 0.25) is 5.91 Å². The standard InChI is InChI=1S/C22H29N5O/c1-18-4-2-6-20(14-18)25-10-12-26(13-11-25)22(28)17-27-9-8-24-16-21(27)19-5-3-7-23-15-19/h2-7,14-15,21,24H,8-13,16-17H2,1H3. The fourth-order valence-corrected chi connectivity index (χ4v) is 4.15. The third-order valence-electron chi connectivity index (χ3n) is 5.76. The molecule has 28 heavy (non-hydrogen) atoms. The van der Waals surface area contributed by atoms with Crippen molar-refractivity contribution >= 4 is 11.6 Å². The average Bonchev–Trinajstić information content (AvgIpc) is 2.75. The maximum Gasteiger partial charge on any atom is 0.236 e. The number of anilines is 1. The fourth-order valence-electron chi connectivity index (χ4n) is 4.15. The van der Waals surface area contributed by atoms with Gasteiger partial charge in [-0.25, -0.2) is 0 Å².